The van der Waals surface area contributed by atoms with Gasteiger partial charge in [-0.1, -0.05) is 6.07 Å². The maximum Gasteiger partial charge on any atom is 0.213 e. The minimum Gasteiger partial charge on any atom is -0.481 e. The van der Waals surface area contributed by atoms with E-state index in [1.807, 2.05) is 30.0 Å². The lowest BCUT2D eigenvalue weighted by molar-refractivity contribution is 0.396. The Morgan fingerprint density at radius 1 is 1.33 bits per heavy atom. The Kier molecular flexibility index (Phi) is 9.44. The second-order valence-corrected chi connectivity index (χ2v) is 5.48. The van der Waals surface area contributed by atoms with Crippen LogP contribution in [0, 0.1) is 0 Å². The molecule has 0 unspecified atom stereocenters. The molecule has 21 heavy (non-hydrogen) atoms. The van der Waals surface area contributed by atoms with Gasteiger partial charge < -0.3 is 15.4 Å². The van der Waals surface area contributed by atoms with Gasteiger partial charge in [0.25, 0.3) is 0 Å². The summed E-state index contributed by atoms with van der Waals surface area (Å²) in [5.74, 6) is 2.67. The Labute approximate surface area is 132 Å². The van der Waals surface area contributed by atoms with E-state index in [-0.39, 0.29) is 0 Å². The van der Waals surface area contributed by atoms with Crippen molar-refractivity contribution in [2.45, 2.75) is 26.3 Å². The fourth-order valence-corrected chi connectivity index (χ4v) is 2.23. The van der Waals surface area contributed by atoms with Crippen LogP contribution in [0.25, 0.3) is 0 Å². The normalized spacial score (nSPS) is 11.3. The van der Waals surface area contributed by atoms with Crippen molar-refractivity contribution >= 4 is 17.7 Å². The molecule has 0 amide bonds. The van der Waals surface area contributed by atoms with Crippen LogP contribution in [-0.2, 0) is 6.54 Å². The van der Waals surface area contributed by atoms with Gasteiger partial charge in [0.05, 0.1) is 19.3 Å². The van der Waals surface area contributed by atoms with Crippen molar-refractivity contribution in [2.24, 2.45) is 4.99 Å². The molecule has 0 saturated carbocycles. The molecule has 1 aromatic rings. The number of hydrogen-bond donors (Lipinski definition) is 2. The molecule has 0 saturated heterocycles. The average Bonchev–Trinajstić information content (AvgIpc) is 2.52. The highest BCUT2D eigenvalue weighted by molar-refractivity contribution is 7.98. The quantitative estimate of drug-likeness (QED) is 0.416. The molecule has 0 aromatic carbocycles. The number of hydrogen-bond acceptors (Lipinski definition) is 4. The monoisotopic (exact) mass is 310 g/mol. The summed E-state index contributed by atoms with van der Waals surface area (Å²) in [6.45, 7) is 4.40. The van der Waals surface area contributed by atoms with Crippen molar-refractivity contribution in [3.05, 3.63) is 23.9 Å². The summed E-state index contributed by atoms with van der Waals surface area (Å²) in [6.07, 6.45) is 4.52. The number of thioether (sulfide) groups is 1. The summed E-state index contributed by atoms with van der Waals surface area (Å²) in [4.78, 5) is 8.90. The Balaban J connectivity index is 2.46. The van der Waals surface area contributed by atoms with Gasteiger partial charge in [-0.15, -0.1) is 0 Å². The minimum atomic E-state index is 0.539. The molecule has 0 aliphatic heterocycles. The molecule has 118 valence electrons. The summed E-state index contributed by atoms with van der Waals surface area (Å²) in [7, 11) is 1.62. The predicted molar refractivity (Wildman–Crippen MR) is 91.2 cm³/mol. The molecule has 1 aromatic heterocycles. The van der Waals surface area contributed by atoms with Gasteiger partial charge in [0.1, 0.15) is 0 Å². The van der Waals surface area contributed by atoms with Crippen LogP contribution in [0.5, 0.6) is 5.88 Å². The van der Waals surface area contributed by atoms with Gasteiger partial charge in [-0.2, -0.15) is 11.8 Å². The molecule has 0 atom stereocenters. The van der Waals surface area contributed by atoms with Gasteiger partial charge in [0.2, 0.25) is 5.88 Å². The van der Waals surface area contributed by atoms with Crippen LogP contribution in [0.4, 0.5) is 0 Å². The predicted octanol–water partition coefficient (Wildman–Crippen LogP) is 2.29. The molecule has 0 radical (unpaired) electrons. The van der Waals surface area contributed by atoms with Crippen LogP contribution in [0.3, 0.4) is 0 Å². The Morgan fingerprint density at radius 2 is 2.19 bits per heavy atom. The number of aliphatic imine (C=N–C) groups is 1. The average molecular weight is 310 g/mol. The van der Waals surface area contributed by atoms with Crippen molar-refractivity contribution in [2.75, 3.05) is 32.2 Å². The zero-order valence-corrected chi connectivity index (χ0v) is 14.0. The number of ether oxygens (including phenoxy) is 1. The first-order valence-electron chi connectivity index (χ1n) is 7.31. The van der Waals surface area contributed by atoms with Gasteiger partial charge in [0, 0.05) is 19.2 Å². The molecule has 1 rings (SSSR count). The number of nitrogens with one attached hydrogen (secondary N) is 2. The molecule has 0 aliphatic carbocycles. The van der Waals surface area contributed by atoms with Crippen LogP contribution < -0.4 is 15.4 Å². The minimum absolute atomic E-state index is 0.539. The van der Waals surface area contributed by atoms with Crippen molar-refractivity contribution in [3.63, 3.8) is 0 Å². The molecule has 0 spiro atoms. The molecule has 0 bridgehead atoms. The van der Waals surface area contributed by atoms with E-state index < -0.39 is 0 Å². The largest absolute Gasteiger partial charge is 0.481 e. The van der Waals surface area contributed by atoms with Crippen LogP contribution >= 0.6 is 11.8 Å². The van der Waals surface area contributed by atoms with E-state index in [0.717, 1.165) is 31.2 Å². The van der Waals surface area contributed by atoms with Crippen LogP contribution in [0.1, 0.15) is 25.5 Å². The second kappa shape index (κ2) is 11.3. The lowest BCUT2D eigenvalue weighted by Gasteiger charge is -2.11. The molecule has 0 aliphatic rings. The lowest BCUT2D eigenvalue weighted by Crippen LogP contribution is -2.37. The van der Waals surface area contributed by atoms with E-state index >= 15 is 0 Å². The third kappa shape index (κ3) is 7.80. The Bertz CT molecular complexity index is 426. The maximum atomic E-state index is 5.12. The van der Waals surface area contributed by atoms with Crippen molar-refractivity contribution in [1.82, 2.24) is 15.6 Å². The number of pyridine rings is 1. The zero-order valence-electron chi connectivity index (χ0n) is 13.2. The smallest absolute Gasteiger partial charge is 0.213 e. The molecule has 6 heteroatoms. The molecular weight excluding hydrogens is 284 g/mol. The van der Waals surface area contributed by atoms with Gasteiger partial charge in [-0.25, -0.2) is 9.98 Å². The van der Waals surface area contributed by atoms with Gasteiger partial charge in [0.15, 0.2) is 5.96 Å². The van der Waals surface area contributed by atoms with E-state index in [1.54, 1.807) is 7.11 Å². The van der Waals surface area contributed by atoms with E-state index in [9.17, 15) is 0 Å². The number of nitrogens with zero attached hydrogens (tertiary/aromatic N) is 2. The third-order valence-electron chi connectivity index (χ3n) is 2.80. The highest BCUT2D eigenvalue weighted by atomic mass is 32.2. The van der Waals surface area contributed by atoms with E-state index in [0.29, 0.717) is 12.4 Å². The molecule has 2 N–H and O–H groups in total. The van der Waals surface area contributed by atoms with Gasteiger partial charge in [-0.05, 0) is 37.8 Å². The number of unbranched alkanes of at least 4 members (excludes halogenated alkanes) is 1. The first-order chi connectivity index (χ1) is 10.3. The van der Waals surface area contributed by atoms with Crippen LogP contribution in [0.2, 0.25) is 0 Å². The Hall–Kier alpha value is -1.43. The number of aromatic nitrogens is 1. The van der Waals surface area contributed by atoms with E-state index in [1.165, 1.54) is 12.2 Å². The highest BCUT2D eigenvalue weighted by Crippen LogP contribution is 2.07. The number of rotatable bonds is 9. The maximum absolute atomic E-state index is 5.12. The van der Waals surface area contributed by atoms with Gasteiger partial charge in [-0.3, -0.25) is 0 Å². The van der Waals surface area contributed by atoms with E-state index in [4.69, 9.17) is 4.74 Å². The van der Waals surface area contributed by atoms with Gasteiger partial charge >= 0.3 is 0 Å². The summed E-state index contributed by atoms with van der Waals surface area (Å²) in [5.41, 5.74) is 0.897. The summed E-state index contributed by atoms with van der Waals surface area (Å²) in [5, 5.41) is 6.60. The van der Waals surface area contributed by atoms with Crippen LogP contribution in [-0.4, -0.2) is 43.2 Å². The SMILES string of the molecule is CCNC(=NCc1cccc(OC)n1)NCCCCSC. The first-order valence-corrected chi connectivity index (χ1v) is 8.70. The second-order valence-electron chi connectivity index (χ2n) is 4.49. The Morgan fingerprint density at radius 3 is 2.90 bits per heavy atom. The number of guanidine groups is 1. The number of methoxy groups -OCH3 is 1. The van der Waals surface area contributed by atoms with E-state index in [2.05, 4.69) is 33.8 Å². The lowest BCUT2D eigenvalue weighted by atomic mass is 10.3. The first kappa shape index (κ1) is 17.6. The molecule has 1 heterocycles. The summed E-state index contributed by atoms with van der Waals surface area (Å²) in [6, 6.07) is 5.72. The summed E-state index contributed by atoms with van der Waals surface area (Å²) < 4.78 is 5.12. The van der Waals surface area contributed by atoms with Crippen molar-refractivity contribution in [3.8, 4) is 5.88 Å². The fraction of sp³-hybridized carbons (Fsp3) is 0.600. The third-order valence-corrected chi connectivity index (χ3v) is 3.50. The zero-order chi connectivity index (χ0) is 15.3. The fourth-order valence-electron chi connectivity index (χ4n) is 1.74. The molecule has 0 fully saturated rings. The molecule has 5 nitrogen and oxygen atoms in total. The highest BCUT2D eigenvalue weighted by Gasteiger charge is 1.99. The standard InChI is InChI=1S/C15H26N4OS/c1-4-16-15(17-10-5-6-11-21-3)18-12-13-8-7-9-14(19-13)20-2/h7-9H,4-6,10-12H2,1-3H3,(H2,16,17,18). The summed E-state index contributed by atoms with van der Waals surface area (Å²) >= 11 is 1.89. The van der Waals surface area contributed by atoms with Crippen LogP contribution in [0.15, 0.2) is 23.2 Å². The molecular formula is C15H26N4OS. The topological polar surface area (TPSA) is 58.5 Å². The van der Waals surface area contributed by atoms with Crippen molar-refractivity contribution < 1.29 is 4.74 Å². The van der Waals surface area contributed by atoms with Crippen molar-refractivity contribution in [1.29, 1.82) is 0 Å².